The topological polar surface area (TPSA) is 20.2 Å². The summed E-state index contributed by atoms with van der Waals surface area (Å²) in [5.74, 6) is 0. The Kier molecular flexibility index (Phi) is 6.60. The van der Waals surface area contributed by atoms with Gasteiger partial charge >= 0.3 is 0 Å². The van der Waals surface area contributed by atoms with Gasteiger partial charge in [-0.2, -0.15) is 0 Å². The van der Waals surface area contributed by atoms with Gasteiger partial charge in [-0.1, -0.05) is 73.8 Å². The summed E-state index contributed by atoms with van der Waals surface area (Å²) < 4.78 is -0.533. The van der Waals surface area contributed by atoms with Crippen molar-refractivity contribution >= 4 is 43.4 Å². The number of fused-ring (bicyclic) bond motifs is 2. The molecule has 5 heteroatoms. The van der Waals surface area contributed by atoms with Crippen molar-refractivity contribution in [2.24, 2.45) is 0 Å². The number of alkyl halides is 2. The van der Waals surface area contributed by atoms with Crippen LogP contribution < -0.4 is 0 Å². The van der Waals surface area contributed by atoms with E-state index >= 15 is 0 Å². The van der Waals surface area contributed by atoms with Crippen molar-refractivity contribution in [3.63, 3.8) is 0 Å². The Hall–Kier alpha value is -0.440. The Morgan fingerprint density at radius 3 is 1.97 bits per heavy atom. The van der Waals surface area contributed by atoms with Gasteiger partial charge in [-0.05, 0) is 52.8 Å². The predicted molar refractivity (Wildman–Crippen MR) is 124 cm³/mol. The van der Waals surface area contributed by atoms with Gasteiger partial charge in [0.1, 0.15) is 0 Å². The summed E-state index contributed by atoms with van der Waals surface area (Å²) in [6, 6.07) is 17.5. The first-order valence-electron chi connectivity index (χ1n) is 9.81. The number of aliphatic hydroxyl groups excluding tert-OH is 1. The van der Waals surface area contributed by atoms with Crippen molar-refractivity contribution < 1.29 is 31.3 Å². The summed E-state index contributed by atoms with van der Waals surface area (Å²) in [7, 11) is -2.03. The summed E-state index contributed by atoms with van der Waals surface area (Å²) in [6.07, 6.45) is 5.23. The molecule has 2 atom stereocenters. The van der Waals surface area contributed by atoms with E-state index in [1.165, 1.54) is 27.8 Å². The third-order valence-electron chi connectivity index (χ3n) is 6.55. The summed E-state index contributed by atoms with van der Waals surface area (Å²) in [5.41, 5.74) is 7.13. The fraction of sp³-hybridized carbons (Fsp3) is 0.333. The normalized spacial score (nSPS) is 25.0. The van der Waals surface area contributed by atoms with E-state index in [1.807, 2.05) is 6.07 Å². The smallest absolute Gasteiger partial charge is 0.0888 e. The minimum Gasteiger partial charge on any atom is -0.397 e. The molecule has 0 bridgehead atoms. The standard InChI is InChI=1S/C24H26Cl2OSi.Zr/c1-23(25)19(14-17-8-4-6-10-21(17)23)16-20-15-18-9-5-7-11-22(18)24(20,26)28(2,3)13-12-27;/h4-11,14-15,27H,12-13,16H2,1-3H3;. The molecule has 1 nitrogen and oxygen atoms in total. The Balaban J connectivity index is 0.00000240. The average molecular weight is 521 g/mol. The molecule has 2 aromatic carbocycles. The van der Waals surface area contributed by atoms with Gasteiger partial charge in [0.15, 0.2) is 0 Å². The Morgan fingerprint density at radius 1 is 0.862 bits per heavy atom. The third kappa shape index (κ3) is 3.62. The first-order chi connectivity index (χ1) is 13.2. The molecule has 2 unspecified atom stereocenters. The maximum absolute atomic E-state index is 9.72. The number of rotatable bonds is 5. The summed E-state index contributed by atoms with van der Waals surface area (Å²) in [6.45, 7) is 6.82. The van der Waals surface area contributed by atoms with Crippen LogP contribution in [-0.4, -0.2) is 19.8 Å². The molecular formula is C24H26Cl2OSiZr. The van der Waals surface area contributed by atoms with Crippen molar-refractivity contribution in [3.05, 3.63) is 81.9 Å². The van der Waals surface area contributed by atoms with Gasteiger partial charge in [0.25, 0.3) is 0 Å². The molecule has 0 saturated carbocycles. The second-order valence-corrected chi connectivity index (χ2v) is 15.4. The van der Waals surface area contributed by atoms with E-state index in [9.17, 15) is 5.11 Å². The van der Waals surface area contributed by atoms with Crippen molar-refractivity contribution in [3.8, 4) is 0 Å². The molecule has 0 amide bonds. The fourth-order valence-corrected chi connectivity index (χ4v) is 8.55. The van der Waals surface area contributed by atoms with Crippen LogP contribution in [0.4, 0.5) is 0 Å². The van der Waals surface area contributed by atoms with E-state index < -0.39 is 17.4 Å². The van der Waals surface area contributed by atoms with Crippen molar-refractivity contribution in [1.82, 2.24) is 0 Å². The number of allylic oxidation sites excluding steroid dienone is 2. The molecule has 2 aliphatic carbocycles. The predicted octanol–water partition coefficient (Wildman–Crippen LogP) is 6.70. The fourth-order valence-electron chi connectivity index (χ4n) is 4.79. The van der Waals surface area contributed by atoms with Gasteiger partial charge in [0.05, 0.1) is 17.4 Å². The first-order valence-corrected chi connectivity index (χ1v) is 13.8. The minimum atomic E-state index is -2.03. The second kappa shape index (κ2) is 8.24. The van der Waals surface area contributed by atoms with Crippen LogP contribution in [0.15, 0.2) is 59.7 Å². The van der Waals surface area contributed by atoms with E-state index in [1.54, 1.807) is 0 Å². The Labute approximate surface area is 204 Å². The van der Waals surface area contributed by atoms with Crippen molar-refractivity contribution in [2.45, 2.75) is 41.9 Å². The first kappa shape index (κ1) is 23.2. The number of halogens is 2. The maximum Gasteiger partial charge on any atom is 0.0888 e. The molecule has 0 saturated heterocycles. The third-order valence-corrected chi connectivity index (χ3v) is 12.9. The number of aliphatic hydroxyl groups is 1. The van der Waals surface area contributed by atoms with Gasteiger partial charge in [-0.15, -0.1) is 23.2 Å². The maximum atomic E-state index is 9.72. The zero-order chi connectivity index (χ0) is 20.2. The molecule has 0 heterocycles. The van der Waals surface area contributed by atoms with Crippen molar-refractivity contribution in [2.75, 3.05) is 6.61 Å². The number of benzene rings is 2. The van der Waals surface area contributed by atoms with Crippen LogP contribution in [0.2, 0.25) is 19.1 Å². The van der Waals surface area contributed by atoms with Gasteiger partial charge < -0.3 is 5.11 Å². The molecule has 4 rings (SSSR count). The molecule has 0 spiro atoms. The number of hydrogen-bond donors (Lipinski definition) is 1. The van der Waals surface area contributed by atoms with Gasteiger partial charge in [0, 0.05) is 32.8 Å². The Morgan fingerprint density at radius 2 is 1.38 bits per heavy atom. The molecule has 150 valence electrons. The van der Waals surface area contributed by atoms with Gasteiger partial charge in [0.2, 0.25) is 0 Å². The van der Waals surface area contributed by atoms with Crippen molar-refractivity contribution in [1.29, 1.82) is 0 Å². The molecule has 0 aromatic heterocycles. The molecular weight excluding hydrogens is 494 g/mol. The van der Waals surface area contributed by atoms with Crippen LogP contribution in [0.5, 0.6) is 0 Å². The van der Waals surface area contributed by atoms with E-state index in [0.717, 1.165) is 18.0 Å². The second-order valence-electron chi connectivity index (χ2n) is 8.71. The zero-order valence-electron chi connectivity index (χ0n) is 17.1. The molecule has 2 aliphatic rings. The quantitative estimate of drug-likeness (QED) is 0.344. The summed E-state index contributed by atoms with van der Waals surface area (Å²) >= 11 is 14.6. The molecule has 0 fully saturated rings. The molecule has 2 aromatic rings. The van der Waals surface area contributed by atoms with Crippen LogP contribution in [-0.2, 0) is 35.6 Å². The van der Waals surface area contributed by atoms with E-state index in [-0.39, 0.29) is 32.8 Å². The molecule has 0 aliphatic heterocycles. The van der Waals surface area contributed by atoms with E-state index in [0.29, 0.717) is 0 Å². The largest absolute Gasteiger partial charge is 0.397 e. The molecule has 0 radical (unpaired) electrons. The SMILES string of the molecule is CC1(Cl)C(CC2=Cc3ccccc3C2(Cl)[Si](C)(C)CCO)=Cc2ccccc21.[Zr]. The van der Waals surface area contributed by atoms with Crippen LogP contribution in [0.25, 0.3) is 12.2 Å². The number of hydrogen-bond acceptors (Lipinski definition) is 1. The summed E-state index contributed by atoms with van der Waals surface area (Å²) in [4.78, 5) is -0.521. The van der Waals surface area contributed by atoms with Crippen LogP contribution >= 0.6 is 23.2 Å². The zero-order valence-corrected chi connectivity index (χ0v) is 22.1. The van der Waals surface area contributed by atoms with Crippen LogP contribution in [0.1, 0.15) is 35.6 Å². The minimum absolute atomic E-state index is 0. The summed E-state index contributed by atoms with van der Waals surface area (Å²) in [5, 5.41) is 9.72. The van der Waals surface area contributed by atoms with Gasteiger partial charge in [-0.3, -0.25) is 0 Å². The molecule has 29 heavy (non-hydrogen) atoms. The van der Waals surface area contributed by atoms with Gasteiger partial charge in [-0.25, -0.2) is 0 Å². The van der Waals surface area contributed by atoms with Crippen LogP contribution in [0, 0.1) is 0 Å². The average Bonchev–Trinajstić information content (AvgIpc) is 3.09. The molecule has 1 N–H and O–H groups in total. The van der Waals surface area contributed by atoms with E-state index in [2.05, 4.69) is 74.6 Å². The van der Waals surface area contributed by atoms with Crippen LogP contribution in [0.3, 0.4) is 0 Å². The monoisotopic (exact) mass is 518 g/mol. The van der Waals surface area contributed by atoms with E-state index in [4.69, 9.17) is 23.2 Å². The Bertz CT molecular complexity index is 996.